The highest BCUT2D eigenvalue weighted by Gasteiger charge is 2.31. The van der Waals surface area contributed by atoms with Gasteiger partial charge in [-0.05, 0) is 6.07 Å². The Morgan fingerprint density at radius 1 is 1.07 bits per heavy atom. The standard InChI is InChI=1S/C8H7BF3O2/c10-9(11,12)6-2-1-3-7-8(6)14-5-4-13-7/h1-3H,4-5H2/q-1. The zero-order valence-electron chi connectivity index (χ0n) is 7.17. The highest BCUT2D eigenvalue weighted by atomic mass is 19.4. The Bertz CT molecular complexity index is 351. The molecule has 6 heteroatoms. The summed E-state index contributed by atoms with van der Waals surface area (Å²) in [5, 5.41) is 0. The van der Waals surface area contributed by atoms with Gasteiger partial charge in [0.1, 0.15) is 19.0 Å². The van der Waals surface area contributed by atoms with E-state index in [9.17, 15) is 12.9 Å². The maximum absolute atomic E-state index is 12.5. The normalized spacial score (nSPS) is 15.4. The minimum absolute atomic E-state index is 0.163. The van der Waals surface area contributed by atoms with Gasteiger partial charge in [-0.2, -0.15) is 0 Å². The Morgan fingerprint density at radius 2 is 1.79 bits per heavy atom. The largest absolute Gasteiger partial charge is 0.513 e. The molecule has 2 rings (SSSR count). The summed E-state index contributed by atoms with van der Waals surface area (Å²) >= 11 is 0. The summed E-state index contributed by atoms with van der Waals surface area (Å²) in [5.41, 5.74) is -0.720. The van der Waals surface area contributed by atoms with Crippen molar-refractivity contribution in [3.05, 3.63) is 18.2 Å². The molecule has 14 heavy (non-hydrogen) atoms. The van der Waals surface area contributed by atoms with Crippen molar-refractivity contribution < 1.29 is 22.4 Å². The van der Waals surface area contributed by atoms with Crippen LogP contribution in [0, 0.1) is 0 Å². The lowest BCUT2D eigenvalue weighted by Gasteiger charge is -2.25. The fourth-order valence-corrected chi connectivity index (χ4v) is 1.35. The molecular formula is C8H7BF3O2-. The van der Waals surface area contributed by atoms with E-state index >= 15 is 0 Å². The van der Waals surface area contributed by atoms with E-state index in [0.29, 0.717) is 6.61 Å². The average molecular weight is 203 g/mol. The molecule has 1 aliphatic heterocycles. The van der Waals surface area contributed by atoms with E-state index in [0.717, 1.165) is 6.07 Å². The SMILES string of the molecule is F[B-](F)(F)c1cccc2c1OCCO2. The molecule has 0 saturated heterocycles. The van der Waals surface area contributed by atoms with E-state index < -0.39 is 12.4 Å². The van der Waals surface area contributed by atoms with Crippen LogP contribution in [0.3, 0.4) is 0 Å². The van der Waals surface area contributed by atoms with Crippen molar-refractivity contribution in [2.24, 2.45) is 0 Å². The molecule has 0 saturated carbocycles. The third kappa shape index (κ3) is 1.52. The van der Waals surface area contributed by atoms with E-state index in [1.165, 1.54) is 12.1 Å². The zero-order chi connectivity index (χ0) is 10.2. The minimum atomic E-state index is -5.04. The second-order valence-corrected chi connectivity index (χ2v) is 2.95. The number of rotatable bonds is 1. The van der Waals surface area contributed by atoms with Crippen LogP contribution in [0.1, 0.15) is 0 Å². The van der Waals surface area contributed by atoms with Crippen LogP contribution in [0.2, 0.25) is 0 Å². The van der Waals surface area contributed by atoms with E-state index in [1.807, 2.05) is 0 Å². The number of ether oxygens (including phenoxy) is 2. The third-order valence-electron chi connectivity index (χ3n) is 1.95. The lowest BCUT2D eigenvalue weighted by molar-refractivity contribution is 0.172. The molecule has 0 aliphatic carbocycles. The number of benzene rings is 1. The first-order valence-electron chi connectivity index (χ1n) is 4.17. The fourth-order valence-electron chi connectivity index (χ4n) is 1.35. The maximum Gasteiger partial charge on any atom is 0.513 e. The molecule has 0 fully saturated rings. The van der Waals surface area contributed by atoms with Crippen molar-refractivity contribution in [1.29, 1.82) is 0 Å². The van der Waals surface area contributed by atoms with Crippen LogP contribution < -0.4 is 14.9 Å². The third-order valence-corrected chi connectivity index (χ3v) is 1.95. The topological polar surface area (TPSA) is 18.5 Å². The maximum atomic E-state index is 12.5. The molecule has 0 spiro atoms. The molecule has 0 atom stereocenters. The minimum Gasteiger partial charge on any atom is -0.489 e. The molecule has 1 heterocycles. The van der Waals surface area contributed by atoms with Crippen LogP contribution in [0.25, 0.3) is 0 Å². The highest BCUT2D eigenvalue weighted by Crippen LogP contribution is 2.30. The highest BCUT2D eigenvalue weighted by molar-refractivity contribution is 6.74. The Labute approximate surface area is 78.7 Å². The predicted molar refractivity (Wildman–Crippen MR) is 46.1 cm³/mol. The van der Waals surface area contributed by atoms with Crippen LogP contribution in [-0.4, -0.2) is 20.2 Å². The summed E-state index contributed by atoms with van der Waals surface area (Å²) in [6.07, 6.45) is 0. The molecule has 1 aromatic carbocycles. The fraction of sp³-hybridized carbons (Fsp3) is 0.250. The van der Waals surface area contributed by atoms with Gasteiger partial charge in [-0.1, -0.05) is 17.6 Å². The van der Waals surface area contributed by atoms with Gasteiger partial charge in [-0.15, -0.1) is 0 Å². The van der Waals surface area contributed by atoms with Crippen molar-refractivity contribution in [1.82, 2.24) is 0 Å². The van der Waals surface area contributed by atoms with Gasteiger partial charge >= 0.3 is 6.98 Å². The van der Waals surface area contributed by atoms with Gasteiger partial charge in [0.2, 0.25) is 0 Å². The van der Waals surface area contributed by atoms with E-state index in [4.69, 9.17) is 9.47 Å². The molecule has 1 aromatic rings. The number of hydrogen-bond donors (Lipinski definition) is 0. The lowest BCUT2D eigenvalue weighted by Crippen LogP contribution is -2.37. The summed E-state index contributed by atoms with van der Waals surface area (Å²) in [5.74, 6) is -0.000741. The molecule has 76 valence electrons. The molecule has 0 amide bonds. The van der Waals surface area contributed by atoms with Crippen LogP contribution in [0.5, 0.6) is 11.5 Å². The van der Waals surface area contributed by atoms with Crippen LogP contribution >= 0.6 is 0 Å². The smallest absolute Gasteiger partial charge is 0.489 e. The Kier molecular flexibility index (Phi) is 2.05. The van der Waals surface area contributed by atoms with Crippen molar-refractivity contribution in [2.45, 2.75) is 0 Å². The molecule has 0 unspecified atom stereocenters. The monoisotopic (exact) mass is 203 g/mol. The summed E-state index contributed by atoms with van der Waals surface area (Å²) in [7, 11) is 0. The van der Waals surface area contributed by atoms with Gasteiger partial charge < -0.3 is 22.4 Å². The quantitative estimate of drug-likeness (QED) is 0.644. The summed E-state index contributed by atoms with van der Waals surface area (Å²) in [6, 6.07) is 3.80. The molecular weight excluding hydrogens is 196 g/mol. The van der Waals surface area contributed by atoms with E-state index in [1.54, 1.807) is 0 Å². The summed E-state index contributed by atoms with van der Waals surface area (Å²) < 4.78 is 47.5. The molecule has 2 nitrogen and oxygen atoms in total. The second kappa shape index (κ2) is 3.11. The summed E-state index contributed by atoms with van der Waals surface area (Å²) in [6.45, 7) is -4.58. The van der Waals surface area contributed by atoms with Crippen LogP contribution in [-0.2, 0) is 0 Å². The first-order valence-corrected chi connectivity index (χ1v) is 4.17. The predicted octanol–water partition coefficient (Wildman–Crippen LogP) is 1.51. The second-order valence-electron chi connectivity index (χ2n) is 2.95. The first kappa shape index (κ1) is 9.24. The van der Waals surface area contributed by atoms with Gasteiger partial charge in [0, 0.05) is 0 Å². The van der Waals surface area contributed by atoms with Crippen molar-refractivity contribution in [3.63, 3.8) is 0 Å². The molecule has 1 aliphatic rings. The average Bonchev–Trinajstić information content (AvgIpc) is 2.15. The number of fused-ring (bicyclic) bond motifs is 1. The van der Waals surface area contributed by atoms with Crippen molar-refractivity contribution in [2.75, 3.05) is 13.2 Å². The summed E-state index contributed by atoms with van der Waals surface area (Å²) in [4.78, 5) is 0. The Morgan fingerprint density at radius 3 is 2.50 bits per heavy atom. The van der Waals surface area contributed by atoms with E-state index in [-0.39, 0.29) is 18.1 Å². The molecule has 0 aromatic heterocycles. The van der Waals surface area contributed by atoms with Crippen LogP contribution in [0.15, 0.2) is 18.2 Å². The molecule has 0 radical (unpaired) electrons. The molecule has 0 bridgehead atoms. The van der Waals surface area contributed by atoms with Gasteiger partial charge in [-0.25, -0.2) is 0 Å². The number of hydrogen-bond acceptors (Lipinski definition) is 2. The van der Waals surface area contributed by atoms with Gasteiger partial charge in [0.15, 0.2) is 5.75 Å². The lowest BCUT2D eigenvalue weighted by atomic mass is 9.79. The molecule has 0 N–H and O–H groups in total. The van der Waals surface area contributed by atoms with Crippen LogP contribution in [0.4, 0.5) is 12.9 Å². The number of para-hydroxylation sites is 1. The van der Waals surface area contributed by atoms with Gasteiger partial charge in [0.25, 0.3) is 0 Å². The zero-order valence-corrected chi connectivity index (χ0v) is 7.17. The van der Waals surface area contributed by atoms with Gasteiger partial charge in [-0.3, -0.25) is 0 Å². The van der Waals surface area contributed by atoms with Gasteiger partial charge in [0.05, 0.1) is 0 Å². The van der Waals surface area contributed by atoms with E-state index in [2.05, 4.69) is 0 Å². The first-order chi connectivity index (χ1) is 6.59. The Hall–Kier alpha value is -1.33. The van der Waals surface area contributed by atoms with Crippen molar-refractivity contribution in [3.8, 4) is 11.5 Å². The number of halogens is 3. The van der Waals surface area contributed by atoms with Crippen molar-refractivity contribution >= 4 is 12.4 Å². The Balaban J connectivity index is 2.51.